The molecule has 0 aromatic heterocycles. The summed E-state index contributed by atoms with van der Waals surface area (Å²) in [5, 5.41) is 9.64. The van der Waals surface area contributed by atoms with Crippen molar-refractivity contribution in [3.05, 3.63) is 0 Å². The van der Waals surface area contributed by atoms with E-state index in [9.17, 15) is 13.5 Å². The highest BCUT2D eigenvalue weighted by Gasteiger charge is 2.34. The van der Waals surface area contributed by atoms with Crippen LogP contribution >= 0.6 is 0 Å². The molecule has 0 spiro atoms. The molecule has 1 unspecified atom stereocenters. The van der Waals surface area contributed by atoms with Crippen LogP contribution in [0.25, 0.3) is 0 Å². The first kappa shape index (κ1) is 16.2. The van der Waals surface area contributed by atoms with Gasteiger partial charge in [-0.15, -0.1) is 0 Å². The van der Waals surface area contributed by atoms with Crippen LogP contribution in [0.3, 0.4) is 0 Å². The molecule has 5 nitrogen and oxygen atoms in total. The molecule has 0 bridgehead atoms. The van der Waals surface area contributed by atoms with E-state index in [0.29, 0.717) is 25.6 Å². The van der Waals surface area contributed by atoms with Crippen molar-refractivity contribution in [2.24, 2.45) is 11.3 Å². The fraction of sp³-hybridized carbons (Fsp3) is 1.00. The molecule has 2 N–H and O–H groups in total. The Morgan fingerprint density at radius 2 is 1.95 bits per heavy atom. The zero-order valence-electron chi connectivity index (χ0n) is 12.5. The summed E-state index contributed by atoms with van der Waals surface area (Å²) < 4.78 is 29.0. The first-order valence-corrected chi connectivity index (χ1v) is 9.27. The minimum absolute atomic E-state index is 0.0753. The quantitative estimate of drug-likeness (QED) is 0.808. The number of nitrogens with one attached hydrogen (secondary N) is 1. The van der Waals surface area contributed by atoms with E-state index in [-0.39, 0.29) is 12.0 Å². The summed E-state index contributed by atoms with van der Waals surface area (Å²) in [6, 6.07) is 0. The van der Waals surface area contributed by atoms with Gasteiger partial charge in [0, 0.05) is 31.7 Å². The van der Waals surface area contributed by atoms with Gasteiger partial charge in [-0.1, -0.05) is 26.2 Å². The third-order valence-corrected chi connectivity index (χ3v) is 6.36. The van der Waals surface area contributed by atoms with Crippen molar-refractivity contribution in [3.8, 4) is 0 Å². The molecule has 20 heavy (non-hydrogen) atoms. The van der Waals surface area contributed by atoms with Crippen molar-refractivity contribution in [3.63, 3.8) is 0 Å². The van der Waals surface area contributed by atoms with Gasteiger partial charge in [-0.05, 0) is 31.6 Å². The van der Waals surface area contributed by atoms with Crippen LogP contribution in [0.4, 0.5) is 0 Å². The fourth-order valence-electron chi connectivity index (χ4n) is 3.39. The Morgan fingerprint density at radius 3 is 2.55 bits per heavy atom. The van der Waals surface area contributed by atoms with Gasteiger partial charge in [0.25, 0.3) is 10.2 Å². The number of hydrogen-bond donors (Lipinski definition) is 2. The van der Waals surface area contributed by atoms with Crippen molar-refractivity contribution < 1.29 is 13.5 Å². The maximum Gasteiger partial charge on any atom is 0.279 e. The summed E-state index contributed by atoms with van der Waals surface area (Å²) >= 11 is 0. The lowest BCUT2D eigenvalue weighted by Crippen LogP contribution is -2.49. The number of aliphatic hydroxyl groups is 1. The molecule has 2 rings (SSSR count). The van der Waals surface area contributed by atoms with E-state index in [2.05, 4.69) is 11.6 Å². The summed E-state index contributed by atoms with van der Waals surface area (Å²) in [5.41, 5.74) is -0.243. The monoisotopic (exact) mass is 304 g/mol. The van der Waals surface area contributed by atoms with Crippen molar-refractivity contribution in [2.75, 3.05) is 26.2 Å². The highest BCUT2D eigenvalue weighted by molar-refractivity contribution is 7.87. The van der Waals surface area contributed by atoms with E-state index in [4.69, 9.17) is 0 Å². The third-order valence-electron chi connectivity index (χ3n) is 4.84. The Balaban J connectivity index is 1.94. The standard InChI is InChI=1S/C14H28N2O3S/c1-13-6-5-9-16(10-13)20(18,19)15-11-14(12-17)7-3-2-4-8-14/h13,15,17H,2-12H2,1H3. The molecular formula is C14H28N2O3S. The second-order valence-corrected chi connectivity index (χ2v) is 8.41. The van der Waals surface area contributed by atoms with Crippen LogP contribution < -0.4 is 4.72 Å². The lowest BCUT2D eigenvalue weighted by molar-refractivity contribution is 0.0861. The van der Waals surface area contributed by atoms with E-state index in [1.807, 2.05) is 0 Å². The highest BCUT2D eigenvalue weighted by atomic mass is 32.2. The molecule has 1 aliphatic heterocycles. The first-order valence-electron chi connectivity index (χ1n) is 7.83. The largest absolute Gasteiger partial charge is 0.396 e. The Bertz CT molecular complexity index is 405. The number of hydrogen-bond acceptors (Lipinski definition) is 3. The molecule has 1 heterocycles. The van der Waals surface area contributed by atoms with Gasteiger partial charge in [-0.3, -0.25) is 0 Å². The number of nitrogens with zero attached hydrogens (tertiary/aromatic N) is 1. The van der Waals surface area contributed by atoms with Crippen LogP contribution in [0.2, 0.25) is 0 Å². The predicted octanol–water partition coefficient (Wildman–Crippen LogP) is 1.50. The van der Waals surface area contributed by atoms with Crippen LogP contribution in [0.5, 0.6) is 0 Å². The summed E-state index contributed by atoms with van der Waals surface area (Å²) in [7, 11) is -3.39. The maximum absolute atomic E-state index is 12.4. The molecule has 1 saturated heterocycles. The molecule has 0 aromatic rings. The molecule has 0 aromatic carbocycles. The van der Waals surface area contributed by atoms with Crippen LogP contribution in [0.1, 0.15) is 51.9 Å². The van der Waals surface area contributed by atoms with Crippen molar-refractivity contribution in [2.45, 2.75) is 51.9 Å². The third kappa shape index (κ3) is 3.93. The highest BCUT2D eigenvalue weighted by Crippen LogP contribution is 2.35. The molecule has 1 atom stereocenters. The van der Waals surface area contributed by atoms with Crippen LogP contribution in [-0.4, -0.2) is 44.1 Å². The van der Waals surface area contributed by atoms with Crippen molar-refractivity contribution in [1.29, 1.82) is 0 Å². The molecule has 1 aliphatic carbocycles. The maximum atomic E-state index is 12.4. The number of rotatable bonds is 5. The normalized spacial score (nSPS) is 28.4. The van der Waals surface area contributed by atoms with Gasteiger partial charge in [-0.2, -0.15) is 12.7 Å². The molecule has 0 amide bonds. The molecule has 6 heteroatoms. The van der Waals surface area contributed by atoms with Gasteiger partial charge < -0.3 is 5.11 Å². The molecule has 0 radical (unpaired) electrons. The lowest BCUT2D eigenvalue weighted by Gasteiger charge is -2.37. The van der Waals surface area contributed by atoms with Gasteiger partial charge in [0.1, 0.15) is 0 Å². The molecular weight excluding hydrogens is 276 g/mol. The predicted molar refractivity (Wildman–Crippen MR) is 79.5 cm³/mol. The first-order chi connectivity index (χ1) is 9.47. The Labute approximate surface area is 122 Å². The van der Waals surface area contributed by atoms with Crippen LogP contribution in [-0.2, 0) is 10.2 Å². The van der Waals surface area contributed by atoms with Crippen LogP contribution in [0, 0.1) is 11.3 Å². The SMILES string of the molecule is CC1CCCN(S(=O)(=O)NCC2(CO)CCCCC2)C1. The van der Waals surface area contributed by atoms with Gasteiger partial charge in [-0.25, -0.2) is 4.72 Å². The molecule has 2 fully saturated rings. The fourth-order valence-corrected chi connectivity index (χ4v) is 4.88. The molecule has 2 aliphatic rings. The summed E-state index contributed by atoms with van der Waals surface area (Å²) in [5.74, 6) is 0.432. The number of piperidine rings is 1. The van der Waals surface area contributed by atoms with E-state index < -0.39 is 10.2 Å². The van der Waals surface area contributed by atoms with E-state index >= 15 is 0 Å². The van der Waals surface area contributed by atoms with Gasteiger partial charge >= 0.3 is 0 Å². The van der Waals surface area contributed by atoms with Gasteiger partial charge in [0.15, 0.2) is 0 Å². The zero-order chi connectivity index (χ0) is 14.6. The van der Waals surface area contributed by atoms with E-state index in [0.717, 1.165) is 38.5 Å². The number of aliphatic hydroxyl groups excluding tert-OH is 1. The molecule has 1 saturated carbocycles. The van der Waals surface area contributed by atoms with Crippen molar-refractivity contribution >= 4 is 10.2 Å². The minimum atomic E-state index is -3.39. The van der Waals surface area contributed by atoms with Crippen LogP contribution in [0.15, 0.2) is 0 Å². The van der Waals surface area contributed by atoms with E-state index in [1.165, 1.54) is 6.42 Å². The van der Waals surface area contributed by atoms with Gasteiger partial charge in [0.05, 0.1) is 0 Å². The zero-order valence-corrected chi connectivity index (χ0v) is 13.3. The summed E-state index contributed by atoms with van der Waals surface area (Å²) in [6.45, 7) is 3.77. The second-order valence-electron chi connectivity index (χ2n) is 6.65. The summed E-state index contributed by atoms with van der Waals surface area (Å²) in [4.78, 5) is 0. The Kier molecular flexibility index (Phi) is 5.45. The Hall–Kier alpha value is -0.170. The van der Waals surface area contributed by atoms with Crippen molar-refractivity contribution in [1.82, 2.24) is 9.03 Å². The minimum Gasteiger partial charge on any atom is -0.396 e. The average molecular weight is 304 g/mol. The lowest BCUT2D eigenvalue weighted by atomic mass is 9.75. The second kappa shape index (κ2) is 6.73. The topological polar surface area (TPSA) is 69.6 Å². The molecule has 118 valence electrons. The van der Waals surface area contributed by atoms with E-state index in [1.54, 1.807) is 4.31 Å². The summed E-state index contributed by atoms with van der Waals surface area (Å²) in [6.07, 6.45) is 7.24. The average Bonchev–Trinajstić information content (AvgIpc) is 2.46. The van der Waals surface area contributed by atoms with Gasteiger partial charge in [0.2, 0.25) is 0 Å². The smallest absolute Gasteiger partial charge is 0.279 e. The Morgan fingerprint density at radius 1 is 1.25 bits per heavy atom.